The minimum absolute atomic E-state index is 0. The number of hydrogen-bond donors (Lipinski definition) is 1. The van der Waals surface area contributed by atoms with E-state index < -0.39 is 16.4 Å². The average Bonchev–Trinajstić information content (AvgIpc) is 2.26. The molecule has 1 aromatic carbocycles. The van der Waals surface area contributed by atoms with Gasteiger partial charge in [-0.1, -0.05) is 25.8 Å². The van der Waals surface area contributed by atoms with Gasteiger partial charge in [0, 0.05) is 12.1 Å². The Morgan fingerprint density at radius 3 is 2.71 bits per heavy atom. The Morgan fingerprint density at radius 2 is 2.18 bits per heavy atom. The second-order valence-electron chi connectivity index (χ2n) is 3.72. The molecule has 0 spiro atoms. The molecule has 0 aliphatic rings. The lowest BCUT2D eigenvalue weighted by atomic mass is 10.0. The van der Waals surface area contributed by atoms with Crippen LogP contribution in [0.3, 0.4) is 0 Å². The van der Waals surface area contributed by atoms with Crippen molar-refractivity contribution < 1.29 is 9.31 Å². The number of nitrogens with zero attached hydrogens (tertiary/aromatic N) is 1. The smallest absolute Gasteiger partial charge is 0.305 e. The molecule has 0 bridgehead atoms. The van der Waals surface area contributed by atoms with Gasteiger partial charge in [0.25, 0.3) is 0 Å². The van der Waals surface area contributed by atoms with Crippen LogP contribution in [0.15, 0.2) is 18.2 Å². The topological polar surface area (TPSA) is 69.2 Å². The van der Waals surface area contributed by atoms with Gasteiger partial charge in [0.1, 0.15) is 0 Å². The second-order valence-corrected chi connectivity index (χ2v) is 3.72. The van der Waals surface area contributed by atoms with Gasteiger partial charge in [-0.05, 0) is 18.1 Å². The summed E-state index contributed by atoms with van der Waals surface area (Å²) in [5.74, 6) is -0.823. The molecule has 0 aliphatic carbocycles. The third-order valence-electron chi connectivity index (χ3n) is 2.46. The molecule has 0 aliphatic heterocycles. The van der Waals surface area contributed by atoms with Crippen molar-refractivity contribution >= 4 is 18.1 Å². The van der Waals surface area contributed by atoms with Crippen LogP contribution in [-0.4, -0.2) is 4.92 Å². The predicted molar refractivity (Wildman–Crippen MR) is 66.8 cm³/mol. The van der Waals surface area contributed by atoms with E-state index in [1.54, 1.807) is 0 Å². The standard InChI is InChI=1S/C11H15FN2O2.ClH/c1-2-3-4-10(13)8-5-6-9(12)11(7-8)14(15)16;/h5-7,10H,2-4,13H2,1H3;1H/t10-;/m1./s1. The molecular formula is C11H16ClFN2O2. The van der Waals surface area contributed by atoms with Crippen molar-refractivity contribution in [3.8, 4) is 0 Å². The predicted octanol–water partition coefficient (Wildman–Crippen LogP) is 3.35. The molecule has 96 valence electrons. The summed E-state index contributed by atoms with van der Waals surface area (Å²) in [5.41, 5.74) is 5.96. The number of rotatable bonds is 5. The SMILES string of the molecule is CCCC[C@@H](N)c1ccc(F)c([N+](=O)[O-])c1.Cl. The van der Waals surface area contributed by atoms with Crippen LogP contribution in [0.5, 0.6) is 0 Å². The number of benzene rings is 1. The third-order valence-corrected chi connectivity index (χ3v) is 2.46. The van der Waals surface area contributed by atoms with Gasteiger partial charge < -0.3 is 5.73 Å². The van der Waals surface area contributed by atoms with E-state index in [1.807, 2.05) is 6.92 Å². The molecule has 0 fully saturated rings. The first kappa shape index (κ1) is 15.8. The fourth-order valence-corrected chi connectivity index (χ4v) is 1.49. The zero-order valence-electron chi connectivity index (χ0n) is 9.56. The number of hydrogen-bond acceptors (Lipinski definition) is 3. The second kappa shape index (κ2) is 7.19. The van der Waals surface area contributed by atoms with Crippen molar-refractivity contribution in [1.82, 2.24) is 0 Å². The summed E-state index contributed by atoms with van der Waals surface area (Å²) in [6.45, 7) is 2.04. The number of halogens is 2. The first-order chi connectivity index (χ1) is 7.56. The highest BCUT2D eigenvalue weighted by atomic mass is 35.5. The van der Waals surface area contributed by atoms with Crippen LogP contribution in [-0.2, 0) is 0 Å². The lowest BCUT2D eigenvalue weighted by Crippen LogP contribution is -2.10. The van der Waals surface area contributed by atoms with Crippen molar-refractivity contribution in [3.63, 3.8) is 0 Å². The van der Waals surface area contributed by atoms with Crippen molar-refractivity contribution in [1.29, 1.82) is 0 Å². The third kappa shape index (κ3) is 4.28. The molecule has 1 atom stereocenters. The minimum Gasteiger partial charge on any atom is -0.324 e. The first-order valence-corrected chi connectivity index (χ1v) is 5.25. The number of nitro groups is 1. The van der Waals surface area contributed by atoms with Crippen molar-refractivity contribution in [2.75, 3.05) is 0 Å². The quantitative estimate of drug-likeness (QED) is 0.653. The van der Waals surface area contributed by atoms with E-state index in [0.717, 1.165) is 25.3 Å². The molecule has 0 heterocycles. The van der Waals surface area contributed by atoms with Crippen LogP contribution in [0.4, 0.5) is 10.1 Å². The average molecular weight is 263 g/mol. The molecule has 17 heavy (non-hydrogen) atoms. The van der Waals surface area contributed by atoms with Crippen LogP contribution in [0, 0.1) is 15.9 Å². The lowest BCUT2D eigenvalue weighted by molar-refractivity contribution is -0.387. The van der Waals surface area contributed by atoms with Gasteiger partial charge in [0.05, 0.1) is 4.92 Å². The van der Waals surface area contributed by atoms with Gasteiger partial charge in [-0.25, -0.2) is 0 Å². The van der Waals surface area contributed by atoms with Gasteiger partial charge in [0.2, 0.25) is 5.82 Å². The van der Waals surface area contributed by atoms with E-state index in [1.165, 1.54) is 12.1 Å². The van der Waals surface area contributed by atoms with Crippen LogP contribution in [0.25, 0.3) is 0 Å². The Balaban J connectivity index is 0.00000256. The highest BCUT2D eigenvalue weighted by Crippen LogP contribution is 2.24. The van der Waals surface area contributed by atoms with Crippen molar-refractivity contribution in [2.24, 2.45) is 5.73 Å². The molecule has 4 nitrogen and oxygen atoms in total. The van der Waals surface area contributed by atoms with Gasteiger partial charge in [-0.3, -0.25) is 10.1 Å². The number of unbranched alkanes of at least 4 members (excludes halogenated alkanes) is 1. The van der Waals surface area contributed by atoms with Crippen LogP contribution < -0.4 is 5.73 Å². The zero-order valence-corrected chi connectivity index (χ0v) is 10.4. The monoisotopic (exact) mass is 262 g/mol. The Labute approximate surface area is 106 Å². The Kier molecular flexibility index (Phi) is 6.68. The maximum absolute atomic E-state index is 13.1. The first-order valence-electron chi connectivity index (χ1n) is 5.25. The number of nitro benzene ring substituents is 1. The largest absolute Gasteiger partial charge is 0.324 e. The van der Waals surface area contributed by atoms with E-state index >= 15 is 0 Å². The molecule has 0 aromatic heterocycles. The molecule has 0 amide bonds. The fourth-order valence-electron chi connectivity index (χ4n) is 1.49. The van der Waals surface area contributed by atoms with Gasteiger partial charge in [-0.2, -0.15) is 4.39 Å². The maximum atomic E-state index is 13.1. The molecule has 6 heteroatoms. The molecule has 0 saturated carbocycles. The summed E-state index contributed by atoms with van der Waals surface area (Å²) >= 11 is 0. The maximum Gasteiger partial charge on any atom is 0.305 e. The van der Waals surface area contributed by atoms with Gasteiger partial charge >= 0.3 is 5.69 Å². The van der Waals surface area contributed by atoms with Crippen LogP contribution in [0.2, 0.25) is 0 Å². The molecule has 0 saturated heterocycles. The van der Waals surface area contributed by atoms with Gasteiger partial charge in [0.15, 0.2) is 0 Å². The van der Waals surface area contributed by atoms with Crippen molar-refractivity contribution in [2.45, 2.75) is 32.2 Å². The van der Waals surface area contributed by atoms with Crippen molar-refractivity contribution in [3.05, 3.63) is 39.7 Å². The zero-order chi connectivity index (χ0) is 12.1. The normalized spacial score (nSPS) is 11.7. The van der Waals surface area contributed by atoms with E-state index in [0.29, 0.717) is 5.56 Å². The molecule has 2 N–H and O–H groups in total. The summed E-state index contributed by atoms with van der Waals surface area (Å²) in [7, 11) is 0. The highest BCUT2D eigenvalue weighted by molar-refractivity contribution is 5.85. The molecule has 1 rings (SSSR count). The summed E-state index contributed by atoms with van der Waals surface area (Å²) in [5, 5.41) is 10.5. The van der Waals surface area contributed by atoms with E-state index in [2.05, 4.69) is 0 Å². The molecule has 1 aromatic rings. The molecule has 0 unspecified atom stereocenters. The molecule has 0 radical (unpaired) electrons. The van der Waals surface area contributed by atoms with E-state index in [9.17, 15) is 14.5 Å². The summed E-state index contributed by atoms with van der Waals surface area (Å²) < 4.78 is 13.1. The van der Waals surface area contributed by atoms with E-state index in [-0.39, 0.29) is 18.4 Å². The summed E-state index contributed by atoms with van der Waals surface area (Å²) in [4.78, 5) is 9.80. The minimum atomic E-state index is -0.823. The van der Waals surface area contributed by atoms with Crippen LogP contribution in [0.1, 0.15) is 37.8 Å². The number of nitrogens with two attached hydrogens (primary N) is 1. The fraction of sp³-hybridized carbons (Fsp3) is 0.455. The van der Waals surface area contributed by atoms with E-state index in [4.69, 9.17) is 5.73 Å². The lowest BCUT2D eigenvalue weighted by Gasteiger charge is -2.10. The Morgan fingerprint density at radius 1 is 1.53 bits per heavy atom. The Hall–Kier alpha value is -1.20. The van der Waals surface area contributed by atoms with Crippen LogP contribution >= 0.6 is 12.4 Å². The molecular weight excluding hydrogens is 247 g/mol. The van der Waals surface area contributed by atoms with Gasteiger partial charge in [-0.15, -0.1) is 12.4 Å². The summed E-state index contributed by atoms with van der Waals surface area (Å²) in [6, 6.07) is 3.55. The highest BCUT2D eigenvalue weighted by Gasteiger charge is 2.16. The summed E-state index contributed by atoms with van der Waals surface area (Å²) in [6.07, 6.45) is 2.71. The Bertz CT molecular complexity index is 388.